The number of imide groups is 1. The molecule has 1 saturated heterocycles. The molecule has 0 bridgehead atoms. The molecule has 0 radical (unpaired) electrons. The number of anilines is 1. The van der Waals surface area contributed by atoms with Gasteiger partial charge < -0.3 is 4.98 Å². The summed E-state index contributed by atoms with van der Waals surface area (Å²) in [6.07, 6.45) is 2.04. The van der Waals surface area contributed by atoms with E-state index in [2.05, 4.69) is 4.98 Å². The number of nitrogens with one attached hydrogen (secondary N) is 1. The molecule has 1 fully saturated rings. The lowest BCUT2D eigenvalue weighted by Crippen LogP contribution is -2.31. The van der Waals surface area contributed by atoms with Gasteiger partial charge in [-0.05, 0) is 47.9 Å². The van der Waals surface area contributed by atoms with Crippen LogP contribution in [-0.4, -0.2) is 22.0 Å². The number of amides is 2. The van der Waals surface area contributed by atoms with Gasteiger partial charge in [-0.25, -0.2) is 4.90 Å². The summed E-state index contributed by atoms with van der Waals surface area (Å²) in [4.78, 5) is 30.4. The first-order chi connectivity index (χ1) is 11.6. The molecule has 1 aromatic heterocycles. The smallest absolute Gasteiger partial charge is 0.247 e. The van der Waals surface area contributed by atoms with Gasteiger partial charge in [0, 0.05) is 28.1 Å². The summed E-state index contributed by atoms with van der Waals surface area (Å²) in [7, 11) is 0. The fourth-order valence-corrected chi connectivity index (χ4v) is 4.00. The second-order valence-corrected chi connectivity index (χ2v) is 7.29. The lowest BCUT2D eigenvalue weighted by atomic mass is 10.2. The number of rotatable bonds is 3. The molecule has 1 atom stereocenters. The van der Waals surface area contributed by atoms with E-state index in [4.69, 9.17) is 11.6 Å². The number of nitrogens with zero attached hydrogens (tertiary/aromatic N) is 1. The third-order valence-corrected chi connectivity index (χ3v) is 5.44. The molecular weight excluding hydrogens is 344 g/mol. The average molecular weight is 357 g/mol. The SMILES string of the molecule is O=C1CC(Sc2ccc(Cl)cc2)C(=O)N1c1ccc2cc[nH]c2c1. The number of carbonyl (C=O) groups excluding carboxylic acids is 2. The van der Waals surface area contributed by atoms with Crippen LogP contribution in [0, 0.1) is 0 Å². The van der Waals surface area contributed by atoms with E-state index in [9.17, 15) is 9.59 Å². The highest BCUT2D eigenvalue weighted by atomic mass is 35.5. The standard InChI is InChI=1S/C18H13ClN2O2S/c19-12-2-5-14(6-3-12)24-16-10-17(22)21(18(16)23)13-4-1-11-7-8-20-15(11)9-13/h1-9,16,20H,10H2. The van der Waals surface area contributed by atoms with Crippen LogP contribution in [0.2, 0.25) is 5.02 Å². The fraction of sp³-hybridized carbons (Fsp3) is 0.111. The molecule has 0 spiro atoms. The molecule has 2 heterocycles. The molecule has 1 aliphatic heterocycles. The second-order valence-electron chi connectivity index (χ2n) is 5.58. The molecule has 1 N–H and O–H groups in total. The first-order valence-corrected chi connectivity index (χ1v) is 8.74. The van der Waals surface area contributed by atoms with Crippen molar-refractivity contribution in [1.82, 2.24) is 4.98 Å². The number of aromatic amines is 1. The predicted molar refractivity (Wildman–Crippen MR) is 96.5 cm³/mol. The van der Waals surface area contributed by atoms with E-state index in [-0.39, 0.29) is 18.2 Å². The minimum Gasteiger partial charge on any atom is -0.361 e. The van der Waals surface area contributed by atoms with Gasteiger partial charge in [-0.3, -0.25) is 9.59 Å². The Labute approximate surface area is 147 Å². The third-order valence-electron chi connectivity index (χ3n) is 3.99. The van der Waals surface area contributed by atoms with Crippen molar-refractivity contribution >= 4 is 51.8 Å². The molecular formula is C18H13ClN2O2S. The molecule has 0 saturated carbocycles. The zero-order chi connectivity index (χ0) is 16.7. The van der Waals surface area contributed by atoms with Crippen molar-refractivity contribution in [3.63, 3.8) is 0 Å². The number of thioether (sulfide) groups is 1. The highest BCUT2D eigenvalue weighted by Crippen LogP contribution is 2.35. The topological polar surface area (TPSA) is 53.2 Å². The molecule has 3 aromatic rings. The molecule has 0 aliphatic carbocycles. The normalized spacial score (nSPS) is 17.9. The monoisotopic (exact) mass is 356 g/mol. The van der Waals surface area contributed by atoms with Crippen LogP contribution in [0.3, 0.4) is 0 Å². The van der Waals surface area contributed by atoms with Crippen molar-refractivity contribution in [2.75, 3.05) is 4.90 Å². The van der Waals surface area contributed by atoms with Crippen LogP contribution in [0.15, 0.2) is 59.6 Å². The van der Waals surface area contributed by atoms with Crippen LogP contribution in [0.5, 0.6) is 0 Å². The first kappa shape index (κ1) is 15.3. The van der Waals surface area contributed by atoms with Crippen molar-refractivity contribution in [2.45, 2.75) is 16.6 Å². The first-order valence-electron chi connectivity index (χ1n) is 7.48. The molecule has 1 unspecified atom stereocenters. The maximum Gasteiger partial charge on any atom is 0.247 e. The number of halogens is 1. The number of carbonyl (C=O) groups is 2. The Kier molecular flexibility index (Phi) is 3.82. The minimum absolute atomic E-state index is 0.169. The van der Waals surface area contributed by atoms with E-state index in [1.165, 1.54) is 16.7 Å². The van der Waals surface area contributed by atoms with Crippen molar-refractivity contribution in [2.24, 2.45) is 0 Å². The Balaban J connectivity index is 1.59. The Morgan fingerprint density at radius 3 is 2.67 bits per heavy atom. The van der Waals surface area contributed by atoms with E-state index < -0.39 is 5.25 Å². The van der Waals surface area contributed by atoms with Gasteiger partial charge >= 0.3 is 0 Å². The number of hydrogen-bond acceptors (Lipinski definition) is 3. The van der Waals surface area contributed by atoms with Crippen LogP contribution in [0.1, 0.15) is 6.42 Å². The van der Waals surface area contributed by atoms with Crippen LogP contribution in [0.4, 0.5) is 5.69 Å². The largest absolute Gasteiger partial charge is 0.361 e. The Morgan fingerprint density at radius 1 is 1.08 bits per heavy atom. The fourth-order valence-electron chi connectivity index (χ4n) is 2.82. The summed E-state index contributed by atoms with van der Waals surface area (Å²) < 4.78 is 0. The zero-order valence-electron chi connectivity index (χ0n) is 12.5. The van der Waals surface area contributed by atoms with E-state index in [1.54, 1.807) is 18.2 Å². The summed E-state index contributed by atoms with van der Waals surface area (Å²) in [5, 5.41) is 1.29. The van der Waals surface area contributed by atoms with Gasteiger partial charge in [0.1, 0.15) is 0 Å². The van der Waals surface area contributed by atoms with Gasteiger partial charge in [-0.15, -0.1) is 11.8 Å². The minimum atomic E-state index is -0.405. The second kappa shape index (κ2) is 6.00. The van der Waals surface area contributed by atoms with Crippen LogP contribution in [-0.2, 0) is 9.59 Å². The lowest BCUT2D eigenvalue weighted by Gasteiger charge is -2.15. The van der Waals surface area contributed by atoms with Gasteiger partial charge in [-0.2, -0.15) is 0 Å². The van der Waals surface area contributed by atoms with Gasteiger partial charge in [-0.1, -0.05) is 17.7 Å². The van der Waals surface area contributed by atoms with Crippen LogP contribution in [0.25, 0.3) is 10.9 Å². The molecule has 2 amide bonds. The van der Waals surface area contributed by atoms with Crippen molar-refractivity contribution < 1.29 is 9.59 Å². The van der Waals surface area contributed by atoms with Crippen LogP contribution < -0.4 is 4.90 Å². The molecule has 24 heavy (non-hydrogen) atoms. The number of hydrogen-bond donors (Lipinski definition) is 1. The molecule has 1 aliphatic rings. The summed E-state index contributed by atoms with van der Waals surface area (Å²) >= 11 is 7.28. The van der Waals surface area contributed by atoms with Crippen molar-refractivity contribution in [3.05, 3.63) is 59.8 Å². The molecule has 120 valence electrons. The summed E-state index contributed by atoms with van der Waals surface area (Å²) in [5.41, 5.74) is 1.51. The number of fused-ring (bicyclic) bond motifs is 1. The van der Waals surface area contributed by atoms with Gasteiger partial charge in [0.15, 0.2) is 0 Å². The van der Waals surface area contributed by atoms with Crippen molar-refractivity contribution in [3.8, 4) is 0 Å². The summed E-state index contributed by atoms with van der Waals surface area (Å²) in [6, 6.07) is 14.8. The van der Waals surface area contributed by atoms with E-state index in [1.807, 2.05) is 36.5 Å². The third kappa shape index (κ3) is 2.70. The van der Waals surface area contributed by atoms with Gasteiger partial charge in [0.2, 0.25) is 11.8 Å². The van der Waals surface area contributed by atoms with Crippen LogP contribution >= 0.6 is 23.4 Å². The number of aromatic nitrogens is 1. The lowest BCUT2D eigenvalue weighted by molar-refractivity contribution is -0.121. The van der Waals surface area contributed by atoms with E-state index >= 15 is 0 Å². The Hall–Kier alpha value is -2.24. The highest BCUT2D eigenvalue weighted by molar-refractivity contribution is 8.00. The maximum atomic E-state index is 12.7. The van der Waals surface area contributed by atoms with Gasteiger partial charge in [0.25, 0.3) is 0 Å². The molecule has 2 aromatic carbocycles. The summed E-state index contributed by atoms with van der Waals surface area (Å²) in [6.45, 7) is 0. The molecule has 4 rings (SSSR count). The quantitative estimate of drug-likeness (QED) is 0.714. The van der Waals surface area contributed by atoms with E-state index in [0.29, 0.717) is 10.7 Å². The average Bonchev–Trinajstić information content (AvgIpc) is 3.14. The number of H-pyrrole nitrogens is 1. The Bertz CT molecular complexity index is 936. The van der Waals surface area contributed by atoms with Gasteiger partial charge in [0.05, 0.1) is 10.9 Å². The molecule has 6 heteroatoms. The number of benzene rings is 2. The predicted octanol–water partition coefficient (Wildman–Crippen LogP) is 4.25. The molecule has 4 nitrogen and oxygen atoms in total. The van der Waals surface area contributed by atoms with Crippen molar-refractivity contribution in [1.29, 1.82) is 0 Å². The summed E-state index contributed by atoms with van der Waals surface area (Å²) in [5.74, 6) is -0.344. The zero-order valence-corrected chi connectivity index (χ0v) is 14.1. The van der Waals surface area contributed by atoms with E-state index in [0.717, 1.165) is 15.8 Å². The highest BCUT2D eigenvalue weighted by Gasteiger charge is 2.40. The Morgan fingerprint density at radius 2 is 1.88 bits per heavy atom. The maximum absolute atomic E-state index is 12.7.